The fourth-order valence-electron chi connectivity index (χ4n) is 3.48. The van der Waals surface area contributed by atoms with Crippen molar-refractivity contribution in [3.8, 4) is 17.2 Å². The van der Waals surface area contributed by atoms with Gasteiger partial charge in [-0.1, -0.05) is 23.5 Å². The van der Waals surface area contributed by atoms with E-state index in [1.165, 1.54) is 25.6 Å². The normalized spacial score (nSPS) is 13.5. The van der Waals surface area contributed by atoms with Crippen molar-refractivity contribution >= 4 is 44.4 Å². The number of amides is 1. The minimum Gasteiger partial charge on any atom is -0.493 e. The number of para-hydroxylation sites is 1. The van der Waals surface area contributed by atoms with E-state index in [4.69, 9.17) is 23.4 Å². The lowest BCUT2D eigenvalue weighted by atomic mass is 10.2. The molecule has 9 nitrogen and oxygen atoms in total. The molecule has 0 fully saturated rings. The maximum absolute atomic E-state index is 13.0. The number of esters is 1. The highest BCUT2D eigenvalue weighted by Gasteiger charge is 2.20. The number of carbonyl (C=O) groups excluding carboxylic acids is 2. The van der Waals surface area contributed by atoms with Crippen LogP contribution in [-0.4, -0.2) is 43.9 Å². The molecule has 1 aliphatic rings. The van der Waals surface area contributed by atoms with Crippen LogP contribution in [0.1, 0.15) is 10.6 Å². The third-order valence-corrected chi connectivity index (χ3v) is 6.04. The number of rotatable bonds is 4. The van der Waals surface area contributed by atoms with Crippen molar-refractivity contribution < 1.29 is 33.0 Å². The van der Waals surface area contributed by atoms with E-state index in [1.807, 2.05) is 18.2 Å². The number of methoxy groups -OCH3 is 2. The van der Waals surface area contributed by atoms with E-state index < -0.39 is 11.9 Å². The summed E-state index contributed by atoms with van der Waals surface area (Å²) in [5.74, 6) is 0.722. The van der Waals surface area contributed by atoms with Crippen molar-refractivity contribution in [2.45, 2.75) is 6.54 Å². The summed E-state index contributed by atoms with van der Waals surface area (Å²) in [6.07, 6.45) is 0. The highest BCUT2D eigenvalue weighted by molar-refractivity contribution is 7.16. The first kappa shape index (κ1) is 20.1. The van der Waals surface area contributed by atoms with Gasteiger partial charge in [-0.15, -0.1) is 0 Å². The second kappa shape index (κ2) is 8.04. The first-order valence-electron chi connectivity index (χ1n) is 9.73. The van der Waals surface area contributed by atoms with Gasteiger partial charge in [0.2, 0.25) is 0 Å². The molecule has 0 radical (unpaired) electrons. The summed E-state index contributed by atoms with van der Waals surface area (Å²) in [6.45, 7) is 0.776. The number of ether oxygens (including phenoxy) is 4. The second-order valence-electron chi connectivity index (χ2n) is 6.92. The number of hydrogen-bond acceptors (Lipinski definition) is 8. The van der Waals surface area contributed by atoms with Gasteiger partial charge in [0, 0.05) is 17.5 Å². The van der Waals surface area contributed by atoms with Crippen LogP contribution in [0.25, 0.3) is 21.2 Å². The SMILES string of the molecule is COC(=O)Cn1c(=NC(=O)c2cc3cccc(OC)c3o2)sc2cc3c(cc21)OCCO3. The van der Waals surface area contributed by atoms with Crippen molar-refractivity contribution in [1.29, 1.82) is 0 Å². The number of aromatic nitrogens is 1. The second-order valence-corrected chi connectivity index (χ2v) is 7.93. The Hall–Kier alpha value is -3.79. The summed E-state index contributed by atoms with van der Waals surface area (Å²) in [5, 5.41) is 0.726. The predicted molar refractivity (Wildman–Crippen MR) is 115 cm³/mol. The summed E-state index contributed by atoms with van der Waals surface area (Å²) in [4.78, 5) is 29.6. The average molecular weight is 454 g/mol. The van der Waals surface area contributed by atoms with Crippen LogP contribution in [0.4, 0.5) is 0 Å². The fourth-order valence-corrected chi connectivity index (χ4v) is 4.52. The molecule has 32 heavy (non-hydrogen) atoms. The molecular formula is C22H18N2O7S. The van der Waals surface area contributed by atoms with Gasteiger partial charge in [0.15, 0.2) is 33.4 Å². The topological polar surface area (TPSA) is 101 Å². The molecule has 0 atom stereocenters. The Labute approximate surface area is 185 Å². The van der Waals surface area contributed by atoms with E-state index in [0.717, 1.165) is 10.1 Å². The number of hydrogen-bond donors (Lipinski definition) is 0. The van der Waals surface area contributed by atoms with Crippen molar-refractivity contribution in [3.05, 3.63) is 47.0 Å². The van der Waals surface area contributed by atoms with Gasteiger partial charge in [0.1, 0.15) is 19.8 Å². The van der Waals surface area contributed by atoms with Gasteiger partial charge in [-0.05, 0) is 12.1 Å². The fraction of sp³-hybridized carbons (Fsp3) is 0.227. The van der Waals surface area contributed by atoms with Crippen LogP contribution in [0.3, 0.4) is 0 Å². The van der Waals surface area contributed by atoms with E-state index in [9.17, 15) is 9.59 Å². The molecule has 0 unspecified atom stereocenters. The van der Waals surface area contributed by atoms with E-state index in [1.54, 1.807) is 22.8 Å². The zero-order valence-corrected chi connectivity index (χ0v) is 18.1. The third-order valence-electron chi connectivity index (χ3n) is 5.00. The first-order valence-corrected chi connectivity index (χ1v) is 10.5. The van der Waals surface area contributed by atoms with Gasteiger partial charge >= 0.3 is 11.9 Å². The van der Waals surface area contributed by atoms with Crippen molar-refractivity contribution in [2.24, 2.45) is 4.99 Å². The number of benzene rings is 2. The van der Waals surface area contributed by atoms with Gasteiger partial charge in [-0.3, -0.25) is 9.59 Å². The number of nitrogens with zero attached hydrogens (tertiary/aromatic N) is 2. The monoisotopic (exact) mass is 454 g/mol. The Kier molecular flexibility index (Phi) is 5.06. The maximum atomic E-state index is 13.0. The molecule has 0 bridgehead atoms. The summed E-state index contributed by atoms with van der Waals surface area (Å²) in [5.41, 5.74) is 1.15. The summed E-state index contributed by atoms with van der Waals surface area (Å²) < 4.78 is 29.5. The van der Waals surface area contributed by atoms with Crippen LogP contribution < -0.4 is 19.0 Å². The zero-order chi connectivity index (χ0) is 22.2. The van der Waals surface area contributed by atoms with Gasteiger partial charge in [-0.2, -0.15) is 4.99 Å². The standard InChI is InChI=1S/C22H18N2O7S/c1-27-14-5-3-4-12-8-17(31-20(12)14)21(26)23-22-24(11-19(25)28-2)13-9-15-16(10-18(13)32-22)30-7-6-29-15/h3-5,8-10H,6-7,11H2,1-2H3. The van der Waals surface area contributed by atoms with Crippen molar-refractivity contribution in [2.75, 3.05) is 27.4 Å². The van der Waals surface area contributed by atoms with Crippen LogP contribution in [-0.2, 0) is 16.1 Å². The molecule has 3 heterocycles. The number of fused-ring (bicyclic) bond motifs is 3. The Bertz CT molecular complexity index is 1430. The van der Waals surface area contributed by atoms with Gasteiger partial charge in [0.05, 0.1) is 24.4 Å². The molecule has 0 spiro atoms. The van der Waals surface area contributed by atoms with Gasteiger partial charge in [-0.25, -0.2) is 0 Å². The van der Waals surface area contributed by atoms with Crippen LogP contribution in [0.15, 0.2) is 45.8 Å². The summed E-state index contributed by atoms with van der Waals surface area (Å²) in [7, 11) is 2.84. The summed E-state index contributed by atoms with van der Waals surface area (Å²) >= 11 is 1.25. The Morgan fingerprint density at radius 1 is 1.12 bits per heavy atom. The highest BCUT2D eigenvalue weighted by Crippen LogP contribution is 2.35. The molecule has 2 aromatic carbocycles. The molecule has 1 aliphatic heterocycles. The van der Waals surface area contributed by atoms with Crippen molar-refractivity contribution in [3.63, 3.8) is 0 Å². The molecular weight excluding hydrogens is 436 g/mol. The van der Waals surface area contributed by atoms with E-state index in [-0.39, 0.29) is 12.3 Å². The Morgan fingerprint density at radius 2 is 1.91 bits per heavy atom. The van der Waals surface area contributed by atoms with Crippen molar-refractivity contribution in [1.82, 2.24) is 4.57 Å². The van der Waals surface area contributed by atoms with Crippen LogP contribution in [0.2, 0.25) is 0 Å². The van der Waals surface area contributed by atoms with E-state index in [0.29, 0.717) is 46.4 Å². The molecule has 164 valence electrons. The molecule has 2 aromatic heterocycles. The van der Waals surface area contributed by atoms with Gasteiger partial charge in [0.25, 0.3) is 0 Å². The predicted octanol–water partition coefficient (Wildman–Crippen LogP) is 3.14. The van der Waals surface area contributed by atoms with E-state index >= 15 is 0 Å². The van der Waals surface area contributed by atoms with E-state index in [2.05, 4.69) is 4.99 Å². The largest absolute Gasteiger partial charge is 0.493 e. The molecule has 1 amide bonds. The van der Waals surface area contributed by atoms with Crippen LogP contribution in [0.5, 0.6) is 17.2 Å². The lowest BCUT2D eigenvalue weighted by Gasteiger charge is -2.18. The lowest BCUT2D eigenvalue weighted by molar-refractivity contribution is -0.141. The lowest BCUT2D eigenvalue weighted by Crippen LogP contribution is -2.22. The van der Waals surface area contributed by atoms with Gasteiger partial charge < -0.3 is 27.9 Å². The van der Waals surface area contributed by atoms with Crippen LogP contribution >= 0.6 is 11.3 Å². The number of thiazole rings is 1. The molecule has 0 N–H and O–H groups in total. The zero-order valence-electron chi connectivity index (χ0n) is 17.2. The Morgan fingerprint density at radius 3 is 2.66 bits per heavy atom. The molecule has 5 rings (SSSR count). The average Bonchev–Trinajstić information content (AvgIpc) is 3.39. The smallest absolute Gasteiger partial charge is 0.325 e. The molecule has 0 aliphatic carbocycles. The quantitative estimate of drug-likeness (QED) is 0.437. The maximum Gasteiger partial charge on any atom is 0.325 e. The molecule has 10 heteroatoms. The summed E-state index contributed by atoms with van der Waals surface area (Å²) in [6, 6.07) is 10.6. The number of carbonyl (C=O) groups is 2. The number of furan rings is 1. The van der Waals surface area contributed by atoms with Crippen LogP contribution in [0, 0.1) is 0 Å². The Balaban J connectivity index is 1.64. The minimum atomic E-state index is -0.578. The first-order chi connectivity index (χ1) is 15.6. The third kappa shape index (κ3) is 3.48. The molecule has 4 aromatic rings. The minimum absolute atomic E-state index is 0.0672. The molecule has 0 saturated carbocycles. The molecule has 0 saturated heterocycles. The highest BCUT2D eigenvalue weighted by atomic mass is 32.1.